The van der Waals surface area contributed by atoms with Crippen molar-refractivity contribution in [1.82, 2.24) is 24.4 Å². The number of hydrogen-bond acceptors (Lipinski definition) is 7. The highest BCUT2D eigenvalue weighted by Crippen LogP contribution is 2.32. The Hall–Kier alpha value is -4.23. The van der Waals surface area contributed by atoms with E-state index in [-0.39, 0.29) is 31.4 Å². The summed E-state index contributed by atoms with van der Waals surface area (Å²) in [5, 5.41) is 5.62. The van der Waals surface area contributed by atoms with Gasteiger partial charge in [-0.3, -0.25) is 9.59 Å². The quantitative estimate of drug-likeness (QED) is 0.349. The number of halogens is 4. The van der Waals surface area contributed by atoms with Crippen LogP contribution in [0.5, 0.6) is 0 Å². The maximum absolute atomic E-state index is 14.9. The Balaban J connectivity index is 1.43. The van der Waals surface area contributed by atoms with Crippen molar-refractivity contribution in [2.75, 3.05) is 41.7 Å². The van der Waals surface area contributed by atoms with Gasteiger partial charge in [0.25, 0.3) is 5.91 Å². The van der Waals surface area contributed by atoms with Gasteiger partial charge < -0.3 is 25.0 Å². The van der Waals surface area contributed by atoms with Crippen LogP contribution >= 0.6 is 0 Å². The molecule has 4 heterocycles. The molecule has 2 N–H and O–H groups in total. The highest BCUT2D eigenvalue weighted by atomic mass is 19.4. The van der Waals surface area contributed by atoms with Crippen LogP contribution in [-0.4, -0.2) is 74.6 Å². The van der Waals surface area contributed by atoms with E-state index in [1.165, 1.54) is 0 Å². The van der Waals surface area contributed by atoms with Gasteiger partial charge in [-0.05, 0) is 31.1 Å². The van der Waals surface area contributed by atoms with E-state index in [0.29, 0.717) is 53.7 Å². The number of nitrogens with zero attached hydrogens (tertiary/aromatic N) is 6. The SMILES string of the molecule is C=CC(=O)Nc1cc2nc(N3C[C@H](F)C[C@@H](Nc4ncc(C(F)(F)F)cn4)C3)n(C)c2cc1C(=O)N1CCCC1. The molecule has 2 aliphatic rings. The van der Waals surface area contributed by atoms with Crippen LogP contribution in [0.1, 0.15) is 35.2 Å². The van der Waals surface area contributed by atoms with Crippen molar-refractivity contribution in [2.45, 2.75) is 37.7 Å². The number of alkyl halides is 4. The average molecular weight is 561 g/mol. The molecule has 212 valence electrons. The first-order valence-corrected chi connectivity index (χ1v) is 12.8. The lowest BCUT2D eigenvalue weighted by Crippen LogP contribution is -2.48. The molecular weight excluding hydrogens is 532 g/mol. The molecule has 3 aromatic rings. The molecule has 0 aliphatic carbocycles. The predicted octanol–water partition coefficient (Wildman–Crippen LogP) is 3.77. The highest BCUT2D eigenvalue weighted by Gasteiger charge is 2.33. The van der Waals surface area contributed by atoms with Gasteiger partial charge in [-0.15, -0.1) is 0 Å². The molecule has 40 heavy (non-hydrogen) atoms. The number of amides is 2. The van der Waals surface area contributed by atoms with Gasteiger partial charge >= 0.3 is 6.18 Å². The Morgan fingerprint density at radius 2 is 1.82 bits per heavy atom. The molecule has 0 spiro atoms. The Bertz CT molecular complexity index is 1430. The first kappa shape index (κ1) is 27.3. The summed E-state index contributed by atoms with van der Waals surface area (Å²) in [6.07, 6.45) is -1.42. The van der Waals surface area contributed by atoms with Gasteiger partial charge in [-0.2, -0.15) is 13.2 Å². The van der Waals surface area contributed by atoms with Crippen molar-refractivity contribution >= 4 is 40.4 Å². The standard InChI is InChI=1S/C26H28F4N8O2/c1-3-22(39)34-19-10-20-21(9-18(19)23(40)37-6-4-5-7-37)36(2)25(35-20)38-13-16(27)8-17(14-38)33-24-31-11-15(12-32-24)26(28,29)30/h3,9-12,16-17H,1,4-8,13-14H2,2H3,(H,34,39)(H,31,32,33)/t16-,17-/m1/s1. The number of aromatic nitrogens is 4. The molecular formula is C26H28F4N8O2. The summed E-state index contributed by atoms with van der Waals surface area (Å²) in [5.74, 6) is -0.278. The fourth-order valence-electron chi connectivity index (χ4n) is 5.10. The van der Waals surface area contributed by atoms with Gasteiger partial charge in [0.15, 0.2) is 0 Å². The van der Waals surface area contributed by atoms with Crippen LogP contribution in [0.15, 0.2) is 37.2 Å². The number of carbonyl (C=O) groups is 2. The summed E-state index contributed by atoms with van der Waals surface area (Å²) in [6.45, 7) is 5.06. The topological polar surface area (TPSA) is 108 Å². The lowest BCUT2D eigenvalue weighted by Gasteiger charge is -2.35. The predicted molar refractivity (Wildman–Crippen MR) is 141 cm³/mol. The third-order valence-corrected chi connectivity index (χ3v) is 7.06. The first-order chi connectivity index (χ1) is 19.0. The maximum atomic E-state index is 14.9. The highest BCUT2D eigenvalue weighted by molar-refractivity contribution is 6.09. The summed E-state index contributed by atoms with van der Waals surface area (Å²) in [7, 11) is 1.75. The molecule has 10 nitrogen and oxygen atoms in total. The minimum absolute atomic E-state index is 0.0373. The number of hydrogen-bond donors (Lipinski definition) is 2. The molecule has 0 radical (unpaired) electrons. The van der Waals surface area contributed by atoms with Gasteiger partial charge in [0, 0.05) is 51.5 Å². The smallest absolute Gasteiger partial charge is 0.350 e. The number of likely N-dealkylation sites (tertiary alicyclic amines) is 1. The number of piperidine rings is 1. The van der Waals surface area contributed by atoms with Crippen LogP contribution in [-0.2, 0) is 18.0 Å². The van der Waals surface area contributed by atoms with Crippen LogP contribution in [0.4, 0.5) is 35.1 Å². The fraction of sp³-hybridized carbons (Fsp3) is 0.423. The molecule has 14 heteroatoms. The van der Waals surface area contributed by atoms with Gasteiger partial charge in [0.05, 0.1) is 34.4 Å². The third kappa shape index (κ3) is 5.56. The van der Waals surface area contributed by atoms with Gasteiger partial charge in [0.2, 0.25) is 17.8 Å². The number of nitrogens with one attached hydrogen (secondary N) is 2. The van der Waals surface area contributed by atoms with Crippen molar-refractivity contribution in [1.29, 1.82) is 0 Å². The van der Waals surface area contributed by atoms with Crippen molar-refractivity contribution in [2.24, 2.45) is 7.05 Å². The Labute approximate surface area is 227 Å². The van der Waals surface area contributed by atoms with Gasteiger partial charge in [-0.25, -0.2) is 19.3 Å². The number of carbonyl (C=O) groups excluding carboxylic acids is 2. The van der Waals surface area contributed by atoms with Crippen LogP contribution in [0, 0.1) is 0 Å². The largest absolute Gasteiger partial charge is 0.419 e. The fourth-order valence-corrected chi connectivity index (χ4v) is 5.10. The Morgan fingerprint density at radius 3 is 2.48 bits per heavy atom. The summed E-state index contributed by atoms with van der Waals surface area (Å²) >= 11 is 0. The van der Waals surface area contributed by atoms with Crippen molar-refractivity contribution < 1.29 is 27.2 Å². The summed E-state index contributed by atoms with van der Waals surface area (Å²) in [4.78, 5) is 41.0. The number of anilines is 3. The minimum atomic E-state index is -4.56. The van der Waals surface area contributed by atoms with E-state index in [1.807, 2.05) is 0 Å². The Kier molecular flexibility index (Phi) is 7.34. The summed E-state index contributed by atoms with van der Waals surface area (Å²) in [5.41, 5.74) is 0.759. The zero-order valence-corrected chi connectivity index (χ0v) is 21.7. The number of fused-ring (bicyclic) bond motifs is 1. The number of rotatable bonds is 6. The van der Waals surface area contributed by atoms with Crippen molar-refractivity contribution in [3.8, 4) is 0 Å². The van der Waals surface area contributed by atoms with Crippen LogP contribution in [0.2, 0.25) is 0 Å². The second kappa shape index (κ2) is 10.7. The van der Waals surface area contributed by atoms with Gasteiger partial charge in [0.1, 0.15) is 6.17 Å². The van der Waals surface area contributed by atoms with Gasteiger partial charge in [-0.1, -0.05) is 6.58 Å². The average Bonchev–Trinajstić information content (AvgIpc) is 3.56. The molecule has 2 saturated heterocycles. The molecule has 2 atom stereocenters. The lowest BCUT2D eigenvalue weighted by atomic mass is 10.0. The van der Waals surface area contributed by atoms with E-state index in [9.17, 15) is 27.2 Å². The molecule has 5 rings (SSSR count). The number of aryl methyl sites for hydroxylation is 1. The number of benzene rings is 1. The van der Waals surface area contributed by atoms with Crippen molar-refractivity contribution in [3.63, 3.8) is 0 Å². The van der Waals surface area contributed by atoms with E-state index in [4.69, 9.17) is 0 Å². The molecule has 2 aromatic heterocycles. The zero-order chi connectivity index (χ0) is 28.6. The Morgan fingerprint density at radius 1 is 1.12 bits per heavy atom. The van der Waals surface area contributed by atoms with E-state index >= 15 is 0 Å². The van der Waals surface area contributed by atoms with E-state index < -0.39 is 29.9 Å². The molecule has 0 bridgehead atoms. The molecule has 2 aliphatic heterocycles. The molecule has 2 amide bonds. The minimum Gasteiger partial charge on any atom is -0.350 e. The monoisotopic (exact) mass is 560 g/mol. The summed E-state index contributed by atoms with van der Waals surface area (Å²) in [6, 6.07) is 2.79. The molecule has 2 fully saturated rings. The van der Waals surface area contributed by atoms with Crippen LogP contribution < -0.4 is 15.5 Å². The van der Waals surface area contributed by atoms with Crippen molar-refractivity contribution in [3.05, 3.63) is 48.3 Å². The first-order valence-electron chi connectivity index (χ1n) is 12.8. The second-order valence-electron chi connectivity index (χ2n) is 9.92. The van der Waals surface area contributed by atoms with Crippen LogP contribution in [0.25, 0.3) is 11.0 Å². The maximum Gasteiger partial charge on any atom is 0.419 e. The molecule has 0 saturated carbocycles. The van der Waals surface area contributed by atoms with E-state index in [1.54, 1.807) is 33.5 Å². The van der Waals surface area contributed by atoms with E-state index in [0.717, 1.165) is 18.9 Å². The molecule has 0 unspecified atom stereocenters. The third-order valence-electron chi connectivity index (χ3n) is 7.06. The van der Waals surface area contributed by atoms with E-state index in [2.05, 4.69) is 32.2 Å². The second-order valence-corrected chi connectivity index (χ2v) is 9.92. The lowest BCUT2D eigenvalue weighted by molar-refractivity contribution is -0.138. The van der Waals surface area contributed by atoms with Crippen LogP contribution in [0.3, 0.4) is 0 Å². The summed E-state index contributed by atoms with van der Waals surface area (Å²) < 4.78 is 55.1. The zero-order valence-electron chi connectivity index (χ0n) is 21.7. The number of imidazole rings is 1. The normalized spacial score (nSPS) is 19.6. The molecule has 1 aromatic carbocycles.